The van der Waals surface area contributed by atoms with Crippen LogP contribution in [0.5, 0.6) is 0 Å². The number of carbonyl (C=O) groups excluding carboxylic acids is 1. The van der Waals surface area contributed by atoms with Crippen molar-refractivity contribution >= 4 is 57.5 Å². The Kier molecular flexibility index (Phi) is 5.47. The van der Waals surface area contributed by atoms with Crippen LogP contribution in [0.25, 0.3) is 10.9 Å². The summed E-state index contributed by atoms with van der Waals surface area (Å²) in [5, 5.41) is 4.92. The molecule has 7 heteroatoms. The van der Waals surface area contributed by atoms with Crippen molar-refractivity contribution in [2.24, 2.45) is 0 Å². The van der Waals surface area contributed by atoms with Crippen LogP contribution in [0.3, 0.4) is 0 Å². The number of para-hydroxylation sites is 2. The summed E-state index contributed by atoms with van der Waals surface area (Å²) in [5.41, 5.74) is 1.28. The zero-order valence-corrected chi connectivity index (χ0v) is 15.9. The summed E-state index contributed by atoms with van der Waals surface area (Å²) in [6.07, 6.45) is 0. The number of fused-ring (bicyclic) bond motifs is 1. The van der Waals surface area contributed by atoms with Gasteiger partial charge in [0.2, 0.25) is 5.91 Å². The summed E-state index contributed by atoms with van der Waals surface area (Å²) in [6, 6.07) is 12.8. The maximum atomic E-state index is 12.5. The molecule has 0 unspecified atom stereocenters. The zero-order valence-electron chi connectivity index (χ0n) is 13.6. The van der Waals surface area contributed by atoms with Crippen LogP contribution in [-0.4, -0.2) is 21.1 Å². The molecular weight excluding hydrogens is 377 g/mol. The van der Waals surface area contributed by atoms with Gasteiger partial charge >= 0.3 is 0 Å². The van der Waals surface area contributed by atoms with E-state index in [9.17, 15) is 4.79 Å². The lowest BCUT2D eigenvalue weighted by molar-refractivity contribution is -0.115. The topological polar surface area (TPSA) is 54.9 Å². The van der Waals surface area contributed by atoms with Gasteiger partial charge in [-0.3, -0.25) is 4.79 Å². The lowest BCUT2D eigenvalue weighted by Gasteiger charge is -2.14. The first-order valence-corrected chi connectivity index (χ1v) is 9.24. The van der Waals surface area contributed by atoms with Crippen molar-refractivity contribution in [3.8, 4) is 0 Å². The Morgan fingerprint density at radius 3 is 2.48 bits per heavy atom. The van der Waals surface area contributed by atoms with Gasteiger partial charge in [-0.05, 0) is 32.0 Å². The van der Waals surface area contributed by atoms with E-state index in [4.69, 9.17) is 23.2 Å². The maximum absolute atomic E-state index is 12.5. The van der Waals surface area contributed by atoms with Crippen LogP contribution in [-0.2, 0) is 4.79 Å². The first-order valence-electron chi connectivity index (χ1n) is 7.60. The molecule has 128 valence electrons. The van der Waals surface area contributed by atoms with Gasteiger partial charge < -0.3 is 5.32 Å². The van der Waals surface area contributed by atoms with Crippen molar-refractivity contribution in [3.63, 3.8) is 0 Å². The Balaban J connectivity index is 1.83. The molecule has 2 aromatic carbocycles. The van der Waals surface area contributed by atoms with Crippen molar-refractivity contribution in [1.82, 2.24) is 9.97 Å². The first-order chi connectivity index (χ1) is 12.0. The minimum atomic E-state index is -0.384. The van der Waals surface area contributed by atoms with Crippen LogP contribution in [0.1, 0.15) is 12.7 Å². The maximum Gasteiger partial charge on any atom is 0.237 e. The van der Waals surface area contributed by atoms with Crippen LogP contribution in [0.15, 0.2) is 47.5 Å². The number of rotatable bonds is 4. The highest BCUT2D eigenvalue weighted by Crippen LogP contribution is 2.32. The fourth-order valence-electron chi connectivity index (χ4n) is 2.31. The van der Waals surface area contributed by atoms with E-state index in [0.717, 1.165) is 15.9 Å². The summed E-state index contributed by atoms with van der Waals surface area (Å²) < 4.78 is 0. The third kappa shape index (κ3) is 4.06. The minimum absolute atomic E-state index is 0.194. The zero-order chi connectivity index (χ0) is 18.0. The van der Waals surface area contributed by atoms with E-state index < -0.39 is 0 Å². The number of halogens is 2. The molecule has 3 rings (SSSR count). The first kappa shape index (κ1) is 18.0. The molecule has 0 aliphatic rings. The number of nitrogens with zero attached hydrogens (tertiary/aromatic N) is 2. The number of hydrogen-bond donors (Lipinski definition) is 1. The van der Waals surface area contributed by atoms with E-state index in [0.29, 0.717) is 21.6 Å². The predicted octanol–water partition coefficient (Wildman–Crippen LogP) is 5.36. The Bertz CT molecular complexity index is 929. The van der Waals surface area contributed by atoms with Crippen molar-refractivity contribution < 1.29 is 4.79 Å². The van der Waals surface area contributed by atoms with Crippen LogP contribution in [0.4, 0.5) is 5.69 Å². The summed E-state index contributed by atoms with van der Waals surface area (Å²) in [6.45, 7) is 3.65. The molecule has 0 saturated carbocycles. The standard InChI is InChI=1S/C18H15Cl2N3OS/c1-10(17(24)23-16-13(19)7-5-8-14(16)20)25-18-12-6-3-4-9-15(12)21-11(2)22-18/h3-10H,1-2H3,(H,23,24)/t10-/m1/s1. The van der Waals surface area contributed by atoms with Crippen LogP contribution in [0, 0.1) is 6.92 Å². The molecule has 3 aromatic rings. The quantitative estimate of drug-likeness (QED) is 0.480. The molecule has 0 spiro atoms. The van der Waals surface area contributed by atoms with Gasteiger partial charge in [0.25, 0.3) is 0 Å². The highest BCUT2D eigenvalue weighted by molar-refractivity contribution is 8.00. The number of aromatic nitrogens is 2. The summed E-state index contributed by atoms with van der Waals surface area (Å²) in [7, 11) is 0. The Morgan fingerprint density at radius 1 is 1.08 bits per heavy atom. The van der Waals surface area contributed by atoms with E-state index in [1.165, 1.54) is 11.8 Å². The smallest absolute Gasteiger partial charge is 0.237 e. The molecule has 0 radical (unpaired) electrons. The van der Waals surface area contributed by atoms with Crippen molar-refractivity contribution in [2.45, 2.75) is 24.1 Å². The SMILES string of the molecule is Cc1nc(S[C@H](C)C(=O)Nc2c(Cl)cccc2Cl)c2ccccc2n1. The number of nitrogens with one attached hydrogen (secondary N) is 1. The van der Waals surface area contributed by atoms with Gasteiger partial charge in [-0.25, -0.2) is 9.97 Å². The van der Waals surface area contributed by atoms with Gasteiger partial charge in [-0.2, -0.15) is 0 Å². The van der Waals surface area contributed by atoms with E-state index in [1.807, 2.05) is 38.1 Å². The molecular formula is C18H15Cl2N3OS. The Labute approximate surface area is 160 Å². The minimum Gasteiger partial charge on any atom is -0.323 e. The number of carbonyl (C=O) groups is 1. The molecule has 1 atom stereocenters. The van der Waals surface area contributed by atoms with Crippen LogP contribution >= 0.6 is 35.0 Å². The number of anilines is 1. The van der Waals surface area contributed by atoms with Gasteiger partial charge in [0.1, 0.15) is 10.9 Å². The second-order valence-corrected chi connectivity index (χ2v) is 7.58. The van der Waals surface area contributed by atoms with E-state index in [2.05, 4.69) is 15.3 Å². The average Bonchev–Trinajstić information content (AvgIpc) is 2.58. The molecule has 0 saturated heterocycles. The number of hydrogen-bond acceptors (Lipinski definition) is 4. The number of aryl methyl sites for hydroxylation is 1. The van der Waals surface area contributed by atoms with Gasteiger partial charge in [0.15, 0.2) is 0 Å². The van der Waals surface area contributed by atoms with Crippen LogP contribution in [0.2, 0.25) is 10.0 Å². The Hall–Kier alpha value is -1.82. The molecule has 1 amide bonds. The summed E-state index contributed by atoms with van der Waals surface area (Å²) in [5.74, 6) is 0.475. The van der Waals surface area contributed by atoms with Crippen molar-refractivity contribution in [1.29, 1.82) is 0 Å². The Morgan fingerprint density at radius 2 is 1.76 bits per heavy atom. The van der Waals surface area contributed by atoms with Gasteiger partial charge in [0.05, 0.1) is 26.5 Å². The number of amides is 1. The van der Waals surface area contributed by atoms with Gasteiger partial charge in [-0.1, -0.05) is 59.2 Å². The third-order valence-corrected chi connectivity index (χ3v) is 5.28. The second kappa shape index (κ2) is 7.60. The van der Waals surface area contributed by atoms with Gasteiger partial charge in [0, 0.05) is 5.39 Å². The second-order valence-electron chi connectivity index (χ2n) is 5.44. The lowest BCUT2D eigenvalue weighted by atomic mass is 10.2. The fraction of sp³-hybridized carbons (Fsp3) is 0.167. The largest absolute Gasteiger partial charge is 0.323 e. The molecule has 0 bridgehead atoms. The monoisotopic (exact) mass is 391 g/mol. The third-order valence-electron chi connectivity index (χ3n) is 3.55. The molecule has 1 aromatic heterocycles. The molecule has 0 aliphatic carbocycles. The summed E-state index contributed by atoms with van der Waals surface area (Å²) >= 11 is 13.6. The molecule has 0 aliphatic heterocycles. The summed E-state index contributed by atoms with van der Waals surface area (Å²) in [4.78, 5) is 21.5. The molecule has 25 heavy (non-hydrogen) atoms. The molecule has 1 N–H and O–H groups in total. The molecule has 1 heterocycles. The van der Waals surface area contributed by atoms with E-state index in [1.54, 1.807) is 18.2 Å². The number of thioether (sulfide) groups is 1. The predicted molar refractivity (Wildman–Crippen MR) is 105 cm³/mol. The van der Waals surface area contributed by atoms with Gasteiger partial charge in [-0.15, -0.1) is 0 Å². The fourth-order valence-corrected chi connectivity index (χ4v) is 3.79. The number of benzene rings is 2. The highest BCUT2D eigenvalue weighted by atomic mass is 35.5. The average molecular weight is 392 g/mol. The van der Waals surface area contributed by atoms with Crippen molar-refractivity contribution in [2.75, 3.05) is 5.32 Å². The van der Waals surface area contributed by atoms with Crippen LogP contribution < -0.4 is 5.32 Å². The lowest BCUT2D eigenvalue weighted by Crippen LogP contribution is -2.23. The van der Waals surface area contributed by atoms with E-state index >= 15 is 0 Å². The highest BCUT2D eigenvalue weighted by Gasteiger charge is 2.19. The normalized spacial score (nSPS) is 12.2. The van der Waals surface area contributed by atoms with Crippen molar-refractivity contribution in [3.05, 3.63) is 58.3 Å². The molecule has 4 nitrogen and oxygen atoms in total. The van der Waals surface area contributed by atoms with E-state index in [-0.39, 0.29) is 11.2 Å². The molecule has 0 fully saturated rings.